The van der Waals surface area contributed by atoms with Gasteiger partial charge in [0, 0.05) is 23.1 Å². The molecule has 0 amide bonds. The predicted octanol–water partition coefficient (Wildman–Crippen LogP) is 4.63. The first-order valence-electron chi connectivity index (χ1n) is 7.72. The topological polar surface area (TPSA) is 8.17 Å². The van der Waals surface area contributed by atoms with Crippen LogP contribution in [0.25, 0.3) is 10.9 Å². The van der Waals surface area contributed by atoms with Crippen LogP contribution in [0.15, 0.2) is 24.3 Å². The largest absolute Gasteiger partial charge is 0.345 e. The van der Waals surface area contributed by atoms with Crippen molar-refractivity contribution in [2.45, 2.75) is 47.1 Å². The Morgan fingerprint density at radius 2 is 1.65 bits per heavy atom. The molecule has 0 fully saturated rings. The molecule has 0 radical (unpaired) electrons. The van der Waals surface area contributed by atoms with Gasteiger partial charge >= 0.3 is 0 Å². The van der Waals surface area contributed by atoms with Crippen molar-refractivity contribution in [3.63, 3.8) is 0 Å². The van der Waals surface area contributed by atoms with Crippen LogP contribution in [0.1, 0.15) is 37.9 Å². The highest BCUT2D eigenvalue weighted by molar-refractivity contribution is 5.85. The van der Waals surface area contributed by atoms with E-state index in [1.807, 2.05) is 0 Å². The van der Waals surface area contributed by atoms with Crippen LogP contribution in [0.3, 0.4) is 0 Å². The summed E-state index contributed by atoms with van der Waals surface area (Å²) in [6.45, 7) is 11.0. The highest BCUT2D eigenvalue weighted by Crippen LogP contribution is 2.24. The number of hydrogen-bond acceptors (Lipinski definition) is 1. The highest BCUT2D eigenvalue weighted by atomic mass is 15.1. The molecule has 0 N–H and O–H groups in total. The normalized spacial score (nSPS) is 10.8. The Balaban J connectivity index is 0.000000612. The standard InChI is InChI=1S/C15H22N2.C3H8/c1-12-13(2)17(11-7-10-16(3)4)15-9-6-5-8-14(12)15;1-3-2/h5-6,8-9H,7,10-11H2,1-4H3;3H2,1-2H3. The molecule has 0 unspecified atom stereocenters. The fourth-order valence-electron chi connectivity index (χ4n) is 2.44. The Bertz CT molecular complexity index is 523. The Morgan fingerprint density at radius 1 is 1.05 bits per heavy atom. The van der Waals surface area contributed by atoms with Gasteiger partial charge < -0.3 is 9.47 Å². The van der Waals surface area contributed by atoms with Crippen LogP contribution in [0.2, 0.25) is 0 Å². The van der Waals surface area contributed by atoms with E-state index in [0.717, 1.165) is 13.1 Å². The van der Waals surface area contributed by atoms with E-state index in [-0.39, 0.29) is 0 Å². The van der Waals surface area contributed by atoms with Crippen molar-refractivity contribution in [2.75, 3.05) is 20.6 Å². The molecule has 20 heavy (non-hydrogen) atoms. The minimum Gasteiger partial charge on any atom is -0.345 e. The van der Waals surface area contributed by atoms with Gasteiger partial charge in [0.2, 0.25) is 0 Å². The summed E-state index contributed by atoms with van der Waals surface area (Å²) in [6, 6.07) is 8.70. The molecule has 0 saturated heterocycles. The van der Waals surface area contributed by atoms with E-state index in [1.165, 1.54) is 35.0 Å². The number of aryl methyl sites for hydroxylation is 2. The molecule has 0 aliphatic heterocycles. The lowest BCUT2D eigenvalue weighted by Gasteiger charge is -2.12. The predicted molar refractivity (Wildman–Crippen MR) is 90.5 cm³/mol. The van der Waals surface area contributed by atoms with Crippen molar-refractivity contribution >= 4 is 10.9 Å². The number of nitrogens with zero attached hydrogens (tertiary/aromatic N) is 2. The number of rotatable bonds is 4. The highest BCUT2D eigenvalue weighted by Gasteiger charge is 2.09. The first kappa shape index (κ1) is 16.8. The fraction of sp³-hybridized carbons (Fsp3) is 0.556. The molecule has 0 bridgehead atoms. The minimum absolute atomic E-state index is 1.11. The first-order chi connectivity index (χ1) is 9.52. The van der Waals surface area contributed by atoms with Crippen LogP contribution in [0, 0.1) is 13.8 Å². The molecule has 2 rings (SSSR count). The van der Waals surface area contributed by atoms with Gasteiger partial charge in [-0.2, -0.15) is 0 Å². The molecular weight excluding hydrogens is 244 g/mol. The average Bonchev–Trinajstić information content (AvgIpc) is 2.65. The summed E-state index contributed by atoms with van der Waals surface area (Å²) >= 11 is 0. The third-order valence-electron chi connectivity index (χ3n) is 3.53. The van der Waals surface area contributed by atoms with Crippen LogP contribution in [0.4, 0.5) is 0 Å². The maximum absolute atomic E-state index is 2.45. The molecule has 1 aromatic carbocycles. The third kappa shape index (κ3) is 4.11. The van der Waals surface area contributed by atoms with Crippen LogP contribution in [-0.2, 0) is 6.54 Å². The van der Waals surface area contributed by atoms with E-state index in [9.17, 15) is 0 Å². The zero-order chi connectivity index (χ0) is 15.1. The Hall–Kier alpha value is -1.28. The Labute approximate surface area is 124 Å². The summed E-state index contributed by atoms with van der Waals surface area (Å²) in [6.07, 6.45) is 2.45. The smallest absolute Gasteiger partial charge is 0.0485 e. The van der Waals surface area contributed by atoms with Crippen molar-refractivity contribution in [2.24, 2.45) is 0 Å². The van der Waals surface area contributed by atoms with Crippen molar-refractivity contribution in [1.82, 2.24) is 9.47 Å². The van der Waals surface area contributed by atoms with Gasteiger partial charge in [0.15, 0.2) is 0 Å². The van der Waals surface area contributed by atoms with E-state index in [4.69, 9.17) is 0 Å². The summed E-state index contributed by atoms with van der Waals surface area (Å²) in [5.74, 6) is 0. The Kier molecular flexibility index (Phi) is 6.80. The average molecular weight is 274 g/mol. The van der Waals surface area contributed by atoms with Gasteiger partial charge in [0.1, 0.15) is 0 Å². The second kappa shape index (κ2) is 8.11. The van der Waals surface area contributed by atoms with Gasteiger partial charge in [-0.3, -0.25) is 0 Å². The number of fused-ring (bicyclic) bond motifs is 1. The number of aromatic nitrogens is 1. The van der Waals surface area contributed by atoms with E-state index in [0.29, 0.717) is 0 Å². The lowest BCUT2D eigenvalue weighted by Crippen LogP contribution is -2.15. The van der Waals surface area contributed by atoms with Crippen molar-refractivity contribution in [3.05, 3.63) is 35.5 Å². The zero-order valence-corrected chi connectivity index (χ0v) is 14.0. The lowest BCUT2D eigenvalue weighted by molar-refractivity contribution is 0.387. The van der Waals surface area contributed by atoms with E-state index < -0.39 is 0 Å². The molecule has 1 heterocycles. The molecule has 1 aromatic heterocycles. The Morgan fingerprint density at radius 3 is 2.25 bits per heavy atom. The molecule has 0 spiro atoms. The zero-order valence-electron chi connectivity index (χ0n) is 14.0. The summed E-state index contributed by atoms with van der Waals surface area (Å²) in [5.41, 5.74) is 4.21. The maximum Gasteiger partial charge on any atom is 0.0485 e. The SMILES string of the molecule is CCC.Cc1c(C)n(CCCN(C)C)c2ccccc12. The van der Waals surface area contributed by atoms with E-state index in [1.54, 1.807) is 0 Å². The first-order valence-corrected chi connectivity index (χ1v) is 7.72. The molecule has 2 nitrogen and oxygen atoms in total. The van der Waals surface area contributed by atoms with Crippen molar-refractivity contribution in [3.8, 4) is 0 Å². The number of hydrogen-bond donors (Lipinski definition) is 0. The van der Waals surface area contributed by atoms with Gasteiger partial charge in [-0.05, 0) is 52.5 Å². The summed E-state index contributed by atoms with van der Waals surface area (Å²) in [5, 5.41) is 1.40. The molecule has 0 saturated carbocycles. The van der Waals surface area contributed by atoms with Crippen LogP contribution in [0.5, 0.6) is 0 Å². The maximum atomic E-state index is 2.45. The molecule has 112 valence electrons. The molecule has 0 atom stereocenters. The number of para-hydroxylation sites is 1. The summed E-state index contributed by atoms with van der Waals surface area (Å²) < 4.78 is 2.45. The van der Waals surface area contributed by atoms with Crippen LogP contribution in [-0.4, -0.2) is 30.1 Å². The van der Waals surface area contributed by atoms with Crippen molar-refractivity contribution in [1.29, 1.82) is 0 Å². The lowest BCUT2D eigenvalue weighted by atomic mass is 10.2. The molecule has 2 aromatic rings. The number of benzene rings is 1. The summed E-state index contributed by atoms with van der Waals surface area (Å²) in [7, 11) is 4.26. The fourth-order valence-corrected chi connectivity index (χ4v) is 2.44. The monoisotopic (exact) mass is 274 g/mol. The molecule has 0 aliphatic rings. The quantitative estimate of drug-likeness (QED) is 0.789. The van der Waals surface area contributed by atoms with E-state index in [2.05, 4.69) is 75.5 Å². The molecule has 2 heteroatoms. The third-order valence-corrected chi connectivity index (χ3v) is 3.53. The molecule has 0 aliphatic carbocycles. The van der Waals surface area contributed by atoms with Crippen LogP contribution >= 0.6 is 0 Å². The van der Waals surface area contributed by atoms with Crippen molar-refractivity contribution < 1.29 is 0 Å². The molecular formula is C18H30N2. The van der Waals surface area contributed by atoms with Gasteiger partial charge in [-0.1, -0.05) is 38.5 Å². The van der Waals surface area contributed by atoms with Gasteiger partial charge in [0.25, 0.3) is 0 Å². The second-order valence-electron chi connectivity index (χ2n) is 5.74. The van der Waals surface area contributed by atoms with E-state index >= 15 is 0 Å². The van der Waals surface area contributed by atoms with Gasteiger partial charge in [-0.15, -0.1) is 0 Å². The van der Waals surface area contributed by atoms with Crippen LogP contribution < -0.4 is 0 Å². The van der Waals surface area contributed by atoms with Gasteiger partial charge in [0.05, 0.1) is 0 Å². The second-order valence-corrected chi connectivity index (χ2v) is 5.74. The van der Waals surface area contributed by atoms with Gasteiger partial charge in [-0.25, -0.2) is 0 Å². The minimum atomic E-state index is 1.11. The summed E-state index contributed by atoms with van der Waals surface area (Å²) in [4.78, 5) is 2.24.